The molecule has 0 radical (unpaired) electrons. The first-order chi connectivity index (χ1) is 39.5. The van der Waals surface area contributed by atoms with E-state index in [1.165, 1.54) is 62.1 Å². The predicted molar refractivity (Wildman–Crippen MR) is 244 cm³/mol. The minimum Gasteiger partial charge on any atom is -0.497 e. The van der Waals surface area contributed by atoms with Crippen molar-refractivity contribution in [1.82, 2.24) is 0 Å². The fraction of sp³-hybridized carbons (Fsp3) is 0.460. The van der Waals surface area contributed by atoms with Gasteiger partial charge in [0.15, 0.2) is 18.9 Å². The molecule has 0 aliphatic rings. The number of rotatable bonds is 24. The van der Waals surface area contributed by atoms with Gasteiger partial charge in [-0.3, -0.25) is 4.79 Å². The molecule has 0 saturated carbocycles. The zero-order valence-electron chi connectivity index (χ0n) is 45.3. The summed E-state index contributed by atoms with van der Waals surface area (Å²) in [6.45, 7) is 3.06. The van der Waals surface area contributed by atoms with Crippen LogP contribution in [0, 0.1) is 13.8 Å². The lowest BCUT2D eigenvalue weighted by molar-refractivity contribution is -0.544. The standard InChI is InChI=1S/C28H29F9O7.C22H13F15O7/c1-15-12-18(8-10-20(15)41-17(3)38)23(4,5)19-9-11-21(16(2)13-19)42-22(39)40-14-25(30,31)43-27(34,35)28(36,37)44-26(32,33)24(6,7)29;1-39-11-2-4-12(5-3-11)41-13-6-8-14(9-7-13)42-15(38)40-10-16(23,24)43-21(34,35)22(36,37)44-20(32,33)17(25,18(26,27)28)19(29,30)31/h8-13H,14H2,1-7H3;2-9H,10H2,1H3. The lowest BCUT2D eigenvalue weighted by Gasteiger charge is -2.38. The highest BCUT2D eigenvalue weighted by Gasteiger charge is 2.88. The Balaban J connectivity index is 0.000000460. The van der Waals surface area contributed by atoms with Gasteiger partial charge in [0.05, 0.1) is 7.11 Å². The Morgan fingerprint density at radius 3 is 1.07 bits per heavy atom. The number of carbonyl (C=O) groups excluding carboxylic acids is 3. The van der Waals surface area contributed by atoms with Crippen molar-refractivity contribution < 1.29 is 172 Å². The molecule has 4 aromatic rings. The minimum atomic E-state index is -8.03. The fourth-order valence-electron chi connectivity index (χ4n) is 6.19. The van der Waals surface area contributed by atoms with Crippen molar-refractivity contribution in [1.29, 1.82) is 0 Å². The van der Waals surface area contributed by atoms with E-state index in [4.69, 9.17) is 18.9 Å². The molecule has 0 spiro atoms. The zero-order valence-corrected chi connectivity index (χ0v) is 45.3. The molecule has 0 aliphatic heterocycles. The van der Waals surface area contributed by atoms with Crippen molar-refractivity contribution in [2.45, 2.75) is 126 Å². The largest absolute Gasteiger partial charge is 0.514 e. The molecule has 4 aromatic carbocycles. The molecule has 0 heterocycles. The van der Waals surface area contributed by atoms with Crippen molar-refractivity contribution in [3.05, 3.63) is 107 Å². The maximum absolute atomic E-state index is 13.8. The first kappa shape index (κ1) is 74.9. The molecule has 494 valence electrons. The number of hydrogen-bond donors (Lipinski definition) is 0. The normalized spacial score (nSPS) is 13.6. The Morgan fingerprint density at radius 1 is 0.398 bits per heavy atom. The van der Waals surface area contributed by atoms with Crippen LogP contribution in [0.25, 0.3) is 0 Å². The Kier molecular flexibility index (Phi) is 22.5. The van der Waals surface area contributed by atoms with Crippen LogP contribution in [0.15, 0.2) is 84.9 Å². The van der Waals surface area contributed by atoms with E-state index in [1.807, 2.05) is 13.8 Å². The highest BCUT2D eigenvalue weighted by atomic mass is 19.4. The molecule has 4 rings (SSSR count). The molecule has 88 heavy (non-hydrogen) atoms. The molecule has 0 fully saturated rings. The molecule has 0 saturated heterocycles. The van der Waals surface area contributed by atoms with Crippen molar-refractivity contribution in [2.75, 3.05) is 20.3 Å². The third-order valence-corrected chi connectivity index (χ3v) is 10.9. The highest BCUT2D eigenvalue weighted by molar-refractivity contribution is 5.70. The average molecular weight is 1320 g/mol. The van der Waals surface area contributed by atoms with Crippen LogP contribution in [0.2, 0.25) is 0 Å². The predicted octanol–water partition coefficient (Wildman–Crippen LogP) is 16.5. The Hall–Kier alpha value is -7.35. The number of hydrogen-bond acceptors (Lipinski definition) is 14. The second-order valence-electron chi connectivity index (χ2n) is 18.6. The number of esters is 1. The van der Waals surface area contributed by atoms with E-state index in [-0.39, 0.29) is 25.3 Å². The summed E-state index contributed by atoms with van der Waals surface area (Å²) in [5.41, 5.74) is -10.1. The Morgan fingerprint density at radius 2 is 0.727 bits per heavy atom. The summed E-state index contributed by atoms with van der Waals surface area (Å²) in [7, 11) is 1.41. The van der Waals surface area contributed by atoms with Gasteiger partial charge < -0.3 is 33.2 Å². The Labute approximate surface area is 478 Å². The molecule has 38 heteroatoms. The summed E-state index contributed by atoms with van der Waals surface area (Å²) in [6.07, 6.45) is -71.9. The number of ether oxygens (including phenoxy) is 11. The SMILES string of the molecule is CC(=O)Oc1ccc(C(C)(C)c2ccc(OC(=O)OCC(F)(F)OC(F)(F)C(F)(F)OC(F)(F)C(C)(C)F)c(C)c2)cc1C.COc1ccc(Oc2ccc(OC(=O)OCC(F)(F)OC(F)(F)C(F)(F)OC(F)(F)C(F)(C(F)(F)F)C(F)(F)F)cc2)cc1. The Bertz CT molecular complexity index is 3020. The van der Waals surface area contributed by atoms with E-state index >= 15 is 0 Å². The first-order valence-electron chi connectivity index (χ1n) is 23.3. The maximum Gasteiger partial charge on any atom is 0.514 e. The average Bonchev–Trinajstić information content (AvgIpc) is 0.814. The molecule has 0 N–H and O–H groups in total. The van der Waals surface area contributed by atoms with Crippen LogP contribution in [0.3, 0.4) is 0 Å². The molecule has 0 atom stereocenters. The second-order valence-corrected chi connectivity index (χ2v) is 18.6. The van der Waals surface area contributed by atoms with E-state index in [0.717, 1.165) is 29.8 Å². The van der Waals surface area contributed by atoms with Crippen LogP contribution >= 0.6 is 0 Å². The maximum atomic E-state index is 13.8. The number of halogens is 24. The van der Waals surface area contributed by atoms with E-state index < -0.39 is 115 Å². The summed E-state index contributed by atoms with van der Waals surface area (Å²) in [5, 5.41) is 0. The third-order valence-electron chi connectivity index (χ3n) is 10.9. The summed E-state index contributed by atoms with van der Waals surface area (Å²) in [6, 6.07) is 19.9. The van der Waals surface area contributed by atoms with Crippen molar-refractivity contribution in [3.63, 3.8) is 0 Å². The van der Waals surface area contributed by atoms with Gasteiger partial charge >= 0.3 is 85.2 Å². The van der Waals surface area contributed by atoms with Crippen LogP contribution in [-0.2, 0) is 38.6 Å². The molecule has 0 unspecified atom stereocenters. The van der Waals surface area contributed by atoms with Crippen LogP contribution in [0.4, 0.5) is 115 Å². The van der Waals surface area contributed by atoms with Gasteiger partial charge in [-0.25, -0.2) is 37.3 Å². The van der Waals surface area contributed by atoms with Crippen LogP contribution < -0.4 is 23.7 Å². The first-order valence-corrected chi connectivity index (χ1v) is 23.3. The number of carbonyl (C=O) groups is 3. The van der Waals surface area contributed by atoms with Crippen LogP contribution in [0.1, 0.15) is 56.9 Å². The number of methoxy groups -OCH3 is 1. The number of alkyl halides is 24. The lowest BCUT2D eigenvalue weighted by atomic mass is 9.77. The lowest BCUT2D eigenvalue weighted by Crippen LogP contribution is -2.68. The van der Waals surface area contributed by atoms with Gasteiger partial charge in [0.2, 0.25) is 0 Å². The summed E-state index contributed by atoms with van der Waals surface area (Å²) < 4.78 is 359. The fourth-order valence-corrected chi connectivity index (χ4v) is 6.19. The van der Waals surface area contributed by atoms with Crippen LogP contribution in [0.5, 0.6) is 34.5 Å². The molecule has 0 aliphatic carbocycles. The topological polar surface area (TPSA) is 153 Å². The van der Waals surface area contributed by atoms with E-state index in [9.17, 15) is 120 Å². The summed E-state index contributed by atoms with van der Waals surface area (Å²) >= 11 is 0. The number of benzene rings is 4. The van der Waals surface area contributed by atoms with Gasteiger partial charge in [0.1, 0.15) is 34.5 Å². The van der Waals surface area contributed by atoms with Gasteiger partial charge in [0.25, 0.3) is 0 Å². The van der Waals surface area contributed by atoms with E-state index in [1.54, 1.807) is 31.2 Å². The van der Waals surface area contributed by atoms with Crippen molar-refractivity contribution in [3.8, 4) is 34.5 Å². The number of aryl methyl sites for hydroxylation is 2. The van der Waals surface area contributed by atoms with E-state index in [0.29, 0.717) is 33.9 Å². The second kappa shape index (κ2) is 26.4. The summed E-state index contributed by atoms with van der Waals surface area (Å²) in [4.78, 5) is 34.8. The zero-order chi connectivity index (χ0) is 68.1. The van der Waals surface area contributed by atoms with Gasteiger partial charge in [0, 0.05) is 12.3 Å². The van der Waals surface area contributed by atoms with Crippen molar-refractivity contribution in [2.24, 2.45) is 0 Å². The minimum absolute atomic E-state index is 0.0138. The smallest absolute Gasteiger partial charge is 0.497 e. The van der Waals surface area contributed by atoms with Crippen molar-refractivity contribution >= 4 is 18.3 Å². The molecule has 0 aromatic heterocycles. The third kappa shape index (κ3) is 18.8. The van der Waals surface area contributed by atoms with Crippen LogP contribution in [-0.4, -0.2) is 111 Å². The molecular formula is C50H42F24O14. The van der Waals surface area contributed by atoms with Gasteiger partial charge in [-0.2, -0.15) is 96.6 Å². The molecule has 0 bridgehead atoms. The highest BCUT2D eigenvalue weighted by Crippen LogP contribution is 2.58. The van der Waals surface area contributed by atoms with Gasteiger partial charge in [-0.15, -0.1) is 0 Å². The monoisotopic (exact) mass is 1320 g/mol. The van der Waals surface area contributed by atoms with E-state index in [2.05, 4.69) is 28.4 Å². The molecule has 0 amide bonds. The molecule has 14 nitrogen and oxygen atoms in total. The molecular weight excluding hydrogens is 1280 g/mol. The van der Waals surface area contributed by atoms with Gasteiger partial charge in [-0.05, 0) is 111 Å². The van der Waals surface area contributed by atoms with Gasteiger partial charge in [-0.1, -0.05) is 38.1 Å². The quantitative estimate of drug-likeness (QED) is 0.0283. The summed E-state index contributed by atoms with van der Waals surface area (Å²) in [5.74, 6) is 0.137.